The average Bonchev–Trinajstić information content (AvgIpc) is 3.01. The summed E-state index contributed by atoms with van der Waals surface area (Å²) in [6, 6.07) is 5.54. The number of aliphatic carboxylic acids is 1. The first kappa shape index (κ1) is 11.0. The summed E-state index contributed by atoms with van der Waals surface area (Å²) in [5.74, 6) is 0.115. The summed E-state index contributed by atoms with van der Waals surface area (Å²) in [6.45, 7) is 0. The van der Waals surface area contributed by atoms with E-state index in [0.29, 0.717) is 18.1 Å². The second kappa shape index (κ2) is 4.56. The van der Waals surface area contributed by atoms with Crippen LogP contribution in [-0.2, 0) is 11.2 Å². The van der Waals surface area contributed by atoms with Crippen molar-refractivity contribution in [2.24, 2.45) is 0 Å². The summed E-state index contributed by atoms with van der Waals surface area (Å²) in [5.41, 5.74) is 2.16. The van der Waals surface area contributed by atoms with Gasteiger partial charge in [-0.05, 0) is 43.2 Å². The number of carboxylic acid groups (broad SMARTS) is 1. The Morgan fingerprint density at radius 2 is 2.12 bits per heavy atom. The van der Waals surface area contributed by atoms with Crippen LogP contribution in [0.3, 0.4) is 0 Å². The monoisotopic (exact) mass is 220 g/mol. The molecule has 86 valence electrons. The van der Waals surface area contributed by atoms with E-state index in [1.807, 2.05) is 12.1 Å². The molecule has 1 saturated carbocycles. The van der Waals surface area contributed by atoms with Crippen molar-refractivity contribution in [2.75, 3.05) is 0 Å². The van der Waals surface area contributed by atoms with Gasteiger partial charge in [0.25, 0.3) is 0 Å². The second-order valence-corrected chi connectivity index (χ2v) is 4.37. The average molecular weight is 220 g/mol. The van der Waals surface area contributed by atoms with Crippen LogP contribution in [0, 0.1) is 0 Å². The Kier molecular flexibility index (Phi) is 3.13. The fraction of sp³-hybridized carbons (Fsp3) is 0.462. The molecule has 2 N–H and O–H groups in total. The molecule has 0 bridgehead atoms. The van der Waals surface area contributed by atoms with Crippen LogP contribution in [0.5, 0.6) is 5.75 Å². The molecule has 0 radical (unpaired) electrons. The van der Waals surface area contributed by atoms with Gasteiger partial charge in [-0.1, -0.05) is 12.1 Å². The highest BCUT2D eigenvalue weighted by molar-refractivity contribution is 5.66. The molecule has 1 aromatic carbocycles. The van der Waals surface area contributed by atoms with E-state index in [1.54, 1.807) is 6.07 Å². The normalized spacial score (nSPS) is 15.0. The number of hydrogen-bond donors (Lipinski definition) is 2. The number of aryl methyl sites for hydroxylation is 1. The Morgan fingerprint density at radius 1 is 1.38 bits per heavy atom. The molecule has 16 heavy (non-hydrogen) atoms. The molecule has 0 spiro atoms. The fourth-order valence-electron chi connectivity index (χ4n) is 2.09. The van der Waals surface area contributed by atoms with E-state index < -0.39 is 5.97 Å². The molecule has 0 amide bonds. The first-order chi connectivity index (χ1) is 7.68. The van der Waals surface area contributed by atoms with E-state index in [-0.39, 0.29) is 6.42 Å². The summed E-state index contributed by atoms with van der Waals surface area (Å²) in [5, 5.41) is 18.4. The van der Waals surface area contributed by atoms with Gasteiger partial charge < -0.3 is 10.2 Å². The van der Waals surface area contributed by atoms with Crippen molar-refractivity contribution >= 4 is 5.97 Å². The van der Waals surface area contributed by atoms with Gasteiger partial charge in [0.05, 0.1) is 0 Å². The maximum atomic E-state index is 10.4. The molecular formula is C13H16O3. The molecule has 0 aromatic heterocycles. The van der Waals surface area contributed by atoms with Crippen LogP contribution in [0.4, 0.5) is 0 Å². The van der Waals surface area contributed by atoms with Crippen molar-refractivity contribution in [3.8, 4) is 5.75 Å². The minimum atomic E-state index is -0.756. The number of phenols is 1. The van der Waals surface area contributed by atoms with Crippen molar-refractivity contribution in [3.05, 3.63) is 29.3 Å². The predicted octanol–water partition coefficient (Wildman–Crippen LogP) is 2.68. The van der Waals surface area contributed by atoms with Gasteiger partial charge in [-0.3, -0.25) is 4.79 Å². The molecule has 3 heteroatoms. The zero-order valence-electron chi connectivity index (χ0n) is 9.15. The third kappa shape index (κ3) is 2.54. The Balaban J connectivity index is 2.07. The molecule has 3 nitrogen and oxygen atoms in total. The maximum Gasteiger partial charge on any atom is 0.303 e. The first-order valence-electron chi connectivity index (χ1n) is 5.71. The van der Waals surface area contributed by atoms with Gasteiger partial charge in [0, 0.05) is 12.0 Å². The summed E-state index contributed by atoms with van der Waals surface area (Å²) in [7, 11) is 0. The number of rotatable bonds is 5. The Labute approximate surface area is 94.7 Å². The zero-order chi connectivity index (χ0) is 11.5. The smallest absolute Gasteiger partial charge is 0.303 e. The third-order valence-corrected chi connectivity index (χ3v) is 3.00. The van der Waals surface area contributed by atoms with E-state index in [4.69, 9.17) is 5.11 Å². The Bertz CT molecular complexity index is 394. The molecule has 1 aromatic rings. The molecule has 0 saturated heterocycles. The molecule has 0 unspecified atom stereocenters. The lowest BCUT2D eigenvalue weighted by molar-refractivity contribution is -0.137. The number of hydrogen-bond acceptors (Lipinski definition) is 2. The van der Waals surface area contributed by atoms with Gasteiger partial charge in [0.1, 0.15) is 5.75 Å². The van der Waals surface area contributed by atoms with Crippen molar-refractivity contribution in [1.29, 1.82) is 0 Å². The van der Waals surface area contributed by atoms with Crippen molar-refractivity contribution in [3.63, 3.8) is 0 Å². The lowest BCUT2D eigenvalue weighted by Crippen LogP contribution is -1.98. The number of carbonyl (C=O) groups is 1. The predicted molar refractivity (Wildman–Crippen MR) is 60.7 cm³/mol. The van der Waals surface area contributed by atoms with Crippen LogP contribution >= 0.6 is 0 Å². The van der Waals surface area contributed by atoms with Crippen molar-refractivity contribution < 1.29 is 15.0 Å². The van der Waals surface area contributed by atoms with Gasteiger partial charge in [0.2, 0.25) is 0 Å². The van der Waals surface area contributed by atoms with Gasteiger partial charge in [0.15, 0.2) is 0 Å². The van der Waals surface area contributed by atoms with Crippen LogP contribution in [-0.4, -0.2) is 16.2 Å². The largest absolute Gasteiger partial charge is 0.508 e. The number of benzene rings is 1. The molecule has 1 aliphatic rings. The zero-order valence-corrected chi connectivity index (χ0v) is 9.15. The maximum absolute atomic E-state index is 10.4. The van der Waals surface area contributed by atoms with E-state index >= 15 is 0 Å². The lowest BCUT2D eigenvalue weighted by atomic mass is 9.97. The molecule has 2 rings (SSSR count). The fourth-order valence-corrected chi connectivity index (χ4v) is 2.09. The SMILES string of the molecule is O=C(O)CCCc1cccc(O)c1C1CC1. The summed E-state index contributed by atoms with van der Waals surface area (Å²) in [4.78, 5) is 10.4. The van der Waals surface area contributed by atoms with E-state index in [2.05, 4.69) is 0 Å². The molecule has 1 fully saturated rings. The van der Waals surface area contributed by atoms with Crippen molar-refractivity contribution in [2.45, 2.75) is 38.0 Å². The van der Waals surface area contributed by atoms with E-state index in [9.17, 15) is 9.90 Å². The highest BCUT2D eigenvalue weighted by Gasteiger charge is 2.28. The second-order valence-electron chi connectivity index (χ2n) is 4.37. The number of aromatic hydroxyl groups is 1. The molecule has 0 heterocycles. The molecule has 0 aliphatic heterocycles. The summed E-state index contributed by atoms with van der Waals surface area (Å²) < 4.78 is 0. The van der Waals surface area contributed by atoms with Crippen LogP contribution in [0.1, 0.15) is 42.7 Å². The van der Waals surface area contributed by atoms with E-state index in [0.717, 1.165) is 30.4 Å². The molecule has 1 aliphatic carbocycles. The molecule has 0 atom stereocenters. The standard InChI is InChI=1S/C13H16O3/c14-11-5-1-3-9(4-2-6-12(15)16)13(11)10-7-8-10/h1,3,5,10,14H,2,4,6-8H2,(H,15,16). The number of carboxylic acids is 1. The molecular weight excluding hydrogens is 204 g/mol. The van der Waals surface area contributed by atoms with Crippen LogP contribution in [0.25, 0.3) is 0 Å². The van der Waals surface area contributed by atoms with Crippen LogP contribution < -0.4 is 0 Å². The lowest BCUT2D eigenvalue weighted by Gasteiger charge is -2.09. The minimum Gasteiger partial charge on any atom is -0.508 e. The highest BCUT2D eigenvalue weighted by atomic mass is 16.4. The number of phenolic OH excluding ortho intramolecular Hbond substituents is 1. The van der Waals surface area contributed by atoms with Crippen molar-refractivity contribution in [1.82, 2.24) is 0 Å². The topological polar surface area (TPSA) is 57.5 Å². The van der Waals surface area contributed by atoms with Gasteiger partial charge in [-0.2, -0.15) is 0 Å². The minimum absolute atomic E-state index is 0.194. The third-order valence-electron chi connectivity index (χ3n) is 3.00. The van der Waals surface area contributed by atoms with Gasteiger partial charge in [-0.25, -0.2) is 0 Å². The van der Waals surface area contributed by atoms with Gasteiger partial charge in [-0.15, -0.1) is 0 Å². The van der Waals surface area contributed by atoms with Gasteiger partial charge >= 0.3 is 5.97 Å². The van der Waals surface area contributed by atoms with Crippen LogP contribution in [0.15, 0.2) is 18.2 Å². The van der Waals surface area contributed by atoms with E-state index in [1.165, 1.54) is 0 Å². The summed E-state index contributed by atoms with van der Waals surface area (Å²) in [6.07, 6.45) is 3.86. The van der Waals surface area contributed by atoms with Crippen LogP contribution in [0.2, 0.25) is 0 Å². The Morgan fingerprint density at radius 3 is 2.75 bits per heavy atom. The highest BCUT2D eigenvalue weighted by Crippen LogP contribution is 2.45. The Hall–Kier alpha value is -1.51. The first-order valence-corrected chi connectivity index (χ1v) is 5.71. The quantitative estimate of drug-likeness (QED) is 0.802. The summed E-state index contributed by atoms with van der Waals surface area (Å²) >= 11 is 0.